The number of hydrogen-bond acceptors (Lipinski definition) is 6. The van der Waals surface area contributed by atoms with E-state index >= 15 is 0 Å². The van der Waals surface area contributed by atoms with Crippen LogP contribution in [0.3, 0.4) is 0 Å². The van der Waals surface area contributed by atoms with E-state index < -0.39 is 5.97 Å². The van der Waals surface area contributed by atoms with Gasteiger partial charge in [0.15, 0.2) is 0 Å². The van der Waals surface area contributed by atoms with Gasteiger partial charge >= 0.3 is 5.97 Å². The summed E-state index contributed by atoms with van der Waals surface area (Å²) >= 11 is 1.49. The van der Waals surface area contributed by atoms with Crippen molar-refractivity contribution in [1.29, 1.82) is 0 Å². The summed E-state index contributed by atoms with van der Waals surface area (Å²) in [5, 5.41) is 15.2. The minimum absolute atomic E-state index is 0.282. The van der Waals surface area contributed by atoms with Crippen molar-refractivity contribution in [3.63, 3.8) is 0 Å². The van der Waals surface area contributed by atoms with Crippen LogP contribution in [0.4, 0.5) is 10.7 Å². The second kappa shape index (κ2) is 11.5. The molecule has 1 aliphatic carbocycles. The van der Waals surface area contributed by atoms with Crippen molar-refractivity contribution in [2.45, 2.75) is 38.2 Å². The molecule has 0 spiro atoms. The van der Waals surface area contributed by atoms with Gasteiger partial charge in [-0.15, -0.1) is 11.3 Å². The summed E-state index contributed by atoms with van der Waals surface area (Å²) in [7, 11) is 1.78. The first-order valence-electron chi connectivity index (χ1n) is 12.0. The van der Waals surface area contributed by atoms with Gasteiger partial charge in [0, 0.05) is 31.4 Å². The van der Waals surface area contributed by atoms with Crippen molar-refractivity contribution in [1.82, 2.24) is 0 Å². The maximum Gasteiger partial charge on any atom is 0.338 e. The van der Waals surface area contributed by atoms with Gasteiger partial charge in [-0.05, 0) is 78.4 Å². The van der Waals surface area contributed by atoms with Crippen LogP contribution in [0.5, 0.6) is 0 Å². The molecule has 1 aliphatic heterocycles. The zero-order chi connectivity index (χ0) is 24.8. The number of nitrogens with one attached hydrogen (secondary N) is 1. The summed E-state index contributed by atoms with van der Waals surface area (Å²) < 4.78 is 5.48. The fourth-order valence-corrected chi connectivity index (χ4v) is 5.85. The lowest BCUT2D eigenvalue weighted by Crippen LogP contribution is -2.41. The maximum absolute atomic E-state index is 11.5. The third-order valence-corrected chi connectivity index (χ3v) is 7.70. The number of ether oxygens (including phenoxy) is 1. The predicted molar refractivity (Wildman–Crippen MR) is 141 cm³/mol. The molecule has 1 fully saturated rings. The fraction of sp³-hybridized carbons (Fsp3) is 0.357. The SMILES string of the molecule is CC1CN(c2ccc(C=O)cc2)CCO1.CNc1scc(C2CCc3ccccc3C2)c1C(=O)O. The molecule has 0 radical (unpaired) electrons. The number of aromatic carboxylic acids is 1. The van der Waals surface area contributed by atoms with E-state index in [0.29, 0.717) is 11.5 Å². The summed E-state index contributed by atoms with van der Waals surface area (Å²) in [5.41, 5.74) is 6.10. The number of aryl methyl sites for hydroxylation is 1. The highest BCUT2D eigenvalue weighted by Crippen LogP contribution is 2.39. The molecule has 1 aromatic heterocycles. The highest BCUT2D eigenvalue weighted by molar-refractivity contribution is 7.14. The number of anilines is 2. The largest absolute Gasteiger partial charge is 0.478 e. The number of carboxylic acids is 1. The van der Waals surface area contributed by atoms with Crippen LogP contribution in [-0.4, -0.2) is 50.2 Å². The number of aldehydes is 1. The molecule has 2 atom stereocenters. The standard InChI is InChI=1S/C16H17NO2S.C12H15NO2/c1-17-15-14(16(18)19)13(9-20-15)12-7-6-10-4-2-3-5-11(10)8-12;1-10-8-13(6-7-15-10)12-4-2-11(9-14)3-5-12/h2-5,9,12,17H,6-8H2,1H3,(H,18,19);2-5,9-10H,6-8H2,1H3. The Kier molecular flexibility index (Phi) is 8.21. The Morgan fingerprint density at radius 2 is 1.91 bits per heavy atom. The fourth-order valence-electron chi connectivity index (χ4n) is 4.86. The van der Waals surface area contributed by atoms with E-state index in [9.17, 15) is 14.7 Å². The lowest BCUT2D eigenvalue weighted by molar-refractivity contribution is 0.0532. The van der Waals surface area contributed by atoms with Crippen LogP contribution < -0.4 is 10.2 Å². The first kappa shape index (κ1) is 24.9. The van der Waals surface area contributed by atoms with Crippen LogP contribution in [0.1, 0.15) is 56.7 Å². The predicted octanol–water partition coefficient (Wildman–Crippen LogP) is 5.48. The number of thiophene rings is 1. The third kappa shape index (κ3) is 5.92. The van der Waals surface area contributed by atoms with Crippen molar-refractivity contribution in [3.05, 3.63) is 81.7 Å². The second-order valence-corrected chi connectivity index (χ2v) is 9.88. The van der Waals surface area contributed by atoms with E-state index in [0.717, 1.165) is 67.1 Å². The number of carbonyl (C=O) groups excluding carboxylic acids is 1. The van der Waals surface area contributed by atoms with Crippen molar-refractivity contribution < 1.29 is 19.4 Å². The summed E-state index contributed by atoms with van der Waals surface area (Å²) in [6.45, 7) is 4.69. The molecule has 7 heteroatoms. The maximum atomic E-state index is 11.5. The molecule has 35 heavy (non-hydrogen) atoms. The number of carbonyl (C=O) groups is 2. The molecule has 2 unspecified atom stereocenters. The van der Waals surface area contributed by atoms with Gasteiger partial charge in [0.25, 0.3) is 0 Å². The summed E-state index contributed by atoms with van der Waals surface area (Å²) in [6.07, 6.45) is 4.15. The van der Waals surface area contributed by atoms with Crippen LogP contribution in [0.15, 0.2) is 53.9 Å². The number of hydrogen-bond donors (Lipinski definition) is 2. The van der Waals surface area contributed by atoms with Gasteiger partial charge in [-0.1, -0.05) is 24.3 Å². The van der Waals surface area contributed by atoms with Crippen molar-refractivity contribution >= 4 is 34.3 Å². The molecule has 0 amide bonds. The second-order valence-electron chi connectivity index (χ2n) is 9.00. The van der Waals surface area contributed by atoms with Crippen LogP contribution >= 0.6 is 11.3 Å². The van der Waals surface area contributed by atoms with Gasteiger partial charge in [-0.3, -0.25) is 4.79 Å². The first-order chi connectivity index (χ1) is 17.0. The number of benzene rings is 2. The molecule has 0 bridgehead atoms. The van der Waals surface area contributed by atoms with Crippen molar-refractivity contribution in [2.75, 3.05) is 37.0 Å². The number of morpholine rings is 1. The smallest absolute Gasteiger partial charge is 0.338 e. The van der Waals surface area contributed by atoms with Crippen LogP contribution in [0, 0.1) is 0 Å². The monoisotopic (exact) mass is 492 g/mol. The van der Waals surface area contributed by atoms with Crippen molar-refractivity contribution in [2.24, 2.45) is 0 Å². The number of rotatable bonds is 5. The average Bonchev–Trinajstić information content (AvgIpc) is 3.34. The van der Waals surface area contributed by atoms with Crippen LogP contribution in [0.2, 0.25) is 0 Å². The average molecular weight is 493 g/mol. The van der Waals surface area contributed by atoms with E-state index in [1.807, 2.05) is 29.6 Å². The topological polar surface area (TPSA) is 78.9 Å². The van der Waals surface area contributed by atoms with E-state index in [1.165, 1.54) is 22.5 Å². The zero-order valence-corrected chi connectivity index (χ0v) is 21.0. The van der Waals surface area contributed by atoms with Gasteiger partial charge in [0.2, 0.25) is 0 Å². The molecular formula is C28H32N2O4S. The highest BCUT2D eigenvalue weighted by Gasteiger charge is 2.27. The molecule has 1 saturated heterocycles. The quantitative estimate of drug-likeness (QED) is 0.459. The van der Waals surface area contributed by atoms with Gasteiger partial charge in [0.1, 0.15) is 11.3 Å². The summed E-state index contributed by atoms with van der Waals surface area (Å²) in [4.78, 5) is 24.3. The Hall–Kier alpha value is -3.16. The molecular weight excluding hydrogens is 460 g/mol. The van der Waals surface area contributed by atoms with Gasteiger partial charge in [0.05, 0.1) is 18.3 Å². The molecule has 6 nitrogen and oxygen atoms in total. The van der Waals surface area contributed by atoms with E-state index in [2.05, 4.69) is 41.4 Å². The van der Waals surface area contributed by atoms with Crippen LogP contribution in [-0.2, 0) is 17.6 Å². The van der Waals surface area contributed by atoms with Gasteiger partial charge in [-0.25, -0.2) is 4.79 Å². The van der Waals surface area contributed by atoms with E-state index in [4.69, 9.17) is 4.74 Å². The molecule has 184 valence electrons. The number of carboxylic acid groups (broad SMARTS) is 1. The summed E-state index contributed by atoms with van der Waals surface area (Å²) in [5.74, 6) is -0.515. The van der Waals surface area contributed by atoms with Crippen LogP contribution in [0.25, 0.3) is 0 Å². The minimum atomic E-state index is -0.829. The van der Waals surface area contributed by atoms with Gasteiger partial charge in [-0.2, -0.15) is 0 Å². The molecule has 2 heterocycles. The Morgan fingerprint density at radius 1 is 1.17 bits per heavy atom. The zero-order valence-electron chi connectivity index (χ0n) is 20.2. The van der Waals surface area contributed by atoms with Crippen molar-refractivity contribution in [3.8, 4) is 0 Å². The number of fused-ring (bicyclic) bond motifs is 1. The lowest BCUT2D eigenvalue weighted by Gasteiger charge is -2.32. The van der Waals surface area contributed by atoms with Gasteiger partial charge < -0.3 is 20.1 Å². The highest BCUT2D eigenvalue weighted by atomic mass is 32.1. The normalized spacial score (nSPS) is 19.2. The number of nitrogens with zero attached hydrogens (tertiary/aromatic N) is 1. The minimum Gasteiger partial charge on any atom is -0.478 e. The molecule has 2 aliphatic rings. The third-order valence-electron chi connectivity index (χ3n) is 6.68. The molecule has 2 aromatic carbocycles. The molecule has 0 saturated carbocycles. The Balaban J connectivity index is 0.000000172. The van der Waals surface area contributed by atoms with E-state index in [-0.39, 0.29) is 6.10 Å². The molecule has 5 rings (SSSR count). The Morgan fingerprint density at radius 3 is 2.57 bits per heavy atom. The molecule has 2 N–H and O–H groups in total. The Labute approximate surface area is 210 Å². The lowest BCUT2D eigenvalue weighted by atomic mass is 9.80. The molecule has 3 aromatic rings. The first-order valence-corrected chi connectivity index (χ1v) is 12.9. The van der Waals surface area contributed by atoms with E-state index in [1.54, 1.807) is 7.05 Å². The summed E-state index contributed by atoms with van der Waals surface area (Å²) in [6, 6.07) is 16.1. The Bertz CT molecular complexity index is 1160.